The summed E-state index contributed by atoms with van der Waals surface area (Å²) in [5.74, 6) is 2.09. The minimum atomic E-state index is 0.767. The lowest BCUT2D eigenvalue weighted by Crippen LogP contribution is -2.49. The second-order valence-corrected chi connectivity index (χ2v) is 5.95. The molecule has 15 heavy (non-hydrogen) atoms. The first-order valence-electron chi connectivity index (χ1n) is 6.76. The summed E-state index contributed by atoms with van der Waals surface area (Å²) in [6.07, 6.45) is 8.91. The van der Waals surface area contributed by atoms with Gasteiger partial charge in [-0.25, -0.2) is 0 Å². The van der Waals surface area contributed by atoms with E-state index < -0.39 is 0 Å². The highest BCUT2D eigenvalue weighted by atomic mass is 15.2. The fraction of sp³-hybridized carbons (Fsp3) is 1.00. The minimum Gasteiger partial charge on any atom is -0.316 e. The molecule has 1 heterocycles. The minimum absolute atomic E-state index is 0.767. The Kier molecular flexibility index (Phi) is 2.73. The number of nitrogens with zero attached hydrogens (tertiary/aromatic N) is 1. The average molecular weight is 208 g/mol. The standard InChI is InChI=1S/C13H24N2/c1-14-12-7-11(6-10-2-3-10)8-15(9-12)13-4-5-13/h10-14H,2-9H2,1H3. The van der Waals surface area contributed by atoms with Gasteiger partial charge in [-0.05, 0) is 44.6 Å². The number of piperidine rings is 1. The van der Waals surface area contributed by atoms with Gasteiger partial charge in [0.15, 0.2) is 0 Å². The molecule has 0 spiro atoms. The Morgan fingerprint density at radius 2 is 1.87 bits per heavy atom. The number of nitrogens with one attached hydrogen (secondary N) is 1. The van der Waals surface area contributed by atoms with Gasteiger partial charge in [0.05, 0.1) is 0 Å². The van der Waals surface area contributed by atoms with Crippen LogP contribution < -0.4 is 5.32 Å². The van der Waals surface area contributed by atoms with Crippen LogP contribution in [0.3, 0.4) is 0 Å². The summed E-state index contributed by atoms with van der Waals surface area (Å²) in [6, 6.07) is 1.73. The molecule has 3 rings (SSSR count). The summed E-state index contributed by atoms with van der Waals surface area (Å²) in [5, 5.41) is 3.50. The van der Waals surface area contributed by atoms with Crippen LogP contribution in [0.2, 0.25) is 0 Å². The van der Waals surface area contributed by atoms with Crippen molar-refractivity contribution in [3.8, 4) is 0 Å². The first-order chi connectivity index (χ1) is 7.35. The van der Waals surface area contributed by atoms with Gasteiger partial charge >= 0.3 is 0 Å². The highest BCUT2D eigenvalue weighted by Crippen LogP contribution is 2.39. The van der Waals surface area contributed by atoms with Crippen LogP contribution >= 0.6 is 0 Å². The predicted molar refractivity (Wildman–Crippen MR) is 62.9 cm³/mol. The number of rotatable bonds is 4. The molecule has 0 amide bonds. The Hall–Kier alpha value is -0.0800. The lowest BCUT2D eigenvalue weighted by atomic mass is 9.89. The molecule has 0 bridgehead atoms. The van der Waals surface area contributed by atoms with Crippen molar-refractivity contribution in [2.24, 2.45) is 11.8 Å². The van der Waals surface area contributed by atoms with E-state index in [1.807, 2.05) is 0 Å². The van der Waals surface area contributed by atoms with Gasteiger partial charge in [-0.3, -0.25) is 4.90 Å². The Morgan fingerprint density at radius 1 is 1.07 bits per heavy atom. The molecular formula is C13H24N2. The fourth-order valence-corrected chi connectivity index (χ4v) is 3.18. The fourth-order valence-electron chi connectivity index (χ4n) is 3.18. The van der Waals surface area contributed by atoms with Gasteiger partial charge in [-0.15, -0.1) is 0 Å². The predicted octanol–water partition coefficient (Wildman–Crippen LogP) is 1.86. The summed E-state index contributed by atoms with van der Waals surface area (Å²) in [6.45, 7) is 2.71. The topological polar surface area (TPSA) is 15.3 Å². The molecule has 0 aromatic carbocycles. The van der Waals surface area contributed by atoms with Gasteiger partial charge in [-0.2, -0.15) is 0 Å². The van der Waals surface area contributed by atoms with Crippen LogP contribution in [-0.4, -0.2) is 37.1 Å². The normalized spacial score (nSPS) is 38.2. The molecule has 2 aliphatic carbocycles. The molecule has 0 aromatic heterocycles. The van der Waals surface area contributed by atoms with E-state index in [9.17, 15) is 0 Å². The molecule has 1 N–H and O–H groups in total. The van der Waals surface area contributed by atoms with Crippen molar-refractivity contribution in [3.63, 3.8) is 0 Å². The third kappa shape index (κ3) is 2.54. The van der Waals surface area contributed by atoms with Crippen LogP contribution in [0.1, 0.15) is 38.5 Å². The van der Waals surface area contributed by atoms with E-state index >= 15 is 0 Å². The largest absolute Gasteiger partial charge is 0.316 e. The molecule has 0 aromatic rings. The smallest absolute Gasteiger partial charge is 0.0195 e. The Bertz CT molecular complexity index is 221. The third-order valence-electron chi connectivity index (χ3n) is 4.40. The molecule has 3 fully saturated rings. The molecule has 1 saturated heterocycles. The zero-order chi connectivity index (χ0) is 10.3. The lowest BCUT2D eigenvalue weighted by Gasteiger charge is -2.38. The number of likely N-dealkylation sites (tertiary alicyclic amines) is 1. The van der Waals surface area contributed by atoms with E-state index in [2.05, 4.69) is 17.3 Å². The molecule has 0 radical (unpaired) electrons. The first-order valence-corrected chi connectivity index (χ1v) is 6.76. The van der Waals surface area contributed by atoms with E-state index in [-0.39, 0.29) is 0 Å². The summed E-state index contributed by atoms with van der Waals surface area (Å²) in [7, 11) is 2.13. The van der Waals surface area contributed by atoms with Gasteiger partial charge < -0.3 is 5.32 Å². The van der Waals surface area contributed by atoms with Crippen LogP contribution in [0, 0.1) is 11.8 Å². The van der Waals surface area contributed by atoms with Crippen molar-refractivity contribution in [2.45, 2.75) is 50.6 Å². The molecule has 3 aliphatic rings. The van der Waals surface area contributed by atoms with Gasteiger partial charge in [-0.1, -0.05) is 12.8 Å². The highest BCUT2D eigenvalue weighted by Gasteiger charge is 2.37. The maximum Gasteiger partial charge on any atom is 0.0195 e. The van der Waals surface area contributed by atoms with Gasteiger partial charge in [0.25, 0.3) is 0 Å². The maximum absolute atomic E-state index is 3.50. The SMILES string of the molecule is CNC1CC(CC2CC2)CN(C2CC2)C1. The average Bonchev–Trinajstić information content (AvgIpc) is 3.10. The molecule has 2 nitrogen and oxygen atoms in total. The van der Waals surface area contributed by atoms with Crippen LogP contribution in [0.5, 0.6) is 0 Å². The number of likely N-dealkylation sites (N-methyl/N-ethyl adjacent to an activating group) is 1. The summed E-state index contributed by atoms with van der Waals surface area (Å²) < 4.78 is 0. The zero-order valence-corrected chi connectivity index (χ0v) is 9.91. The van der Waals surface area contributed by atoms with Crippen molar-refractivity contribution in [1.29, 1.82) is 0 Å². The third-order valence-corrected chi connectivity index (χ3v) is 4.40. The molecule has 2 saturated carbocycles. The van der Waals surface area contributed by atoms with Crippen molar-refractivity contribution in [2.75, 3.05) is 20.1 Å². The Balaban J connectivity index is 1.56. The van der Waals surface area contributed by atoms with E-state index in [0.29, 0.717) is 0 Å². The van der Waals surface area contributed by atoms with Gasteiger partial charge in [0, 0.05) is 25.2 Å². The number of hydrogen-bond acceptors (Lipinski definition) is 2. The Morgan fingerprint density at radius 3 is 2.47 bits per heavy atom. The van der Waals surface area contributed by atoms with Crippen molar-refractivity contribution in [3.05, 3.63) is 0 Å². The van der Waals surface area contributed by atoms with E-state index in [1.165, 1.54) is 51.6 Å². The second kappa shape index (κ2) is 4.06. The first kappa shape index (κ1) is 10.1. The summed E-state index contributed by atoms with van der Waals surface area (Å²) in [4.78, 5) is 2.76. The zero-order valence-electron chi connectivity index (χ0n) is 9.91. The quantitative estimate of drug-likeness (QED) is 0.758. The van der Waals surface area contributed by atoms with Crippen LogP contribution in [-0.2, 0) is 0 Å². The van der Waals surface area contributed by atoms with E-state index in [1.54, 1.807) is 0 Å². The Labute approximate surface area is 93.4 Å². The summed E-state index contributed by atoms with van der Waals surface area (Å²) in [5.41, 5.74) is 0. The van der Waals surface area contributed by atoms with E-state index in [0.717, 1.165) is 23.9 Å². The van der Waals surface area contributed by atoms with Crippen molar-refractivity contribution < 1.29 is 0 Å². The second-order valence-electron chi connectivity index (χ2n) is 5.95. The van der Waals surface area contributed by atoms with Gasteiger partial charge in [0.2, 0.25) is 0 Å². The van der Waals surface area contributed by atoms with Gasteiger partial charge in [0.1, 0.15) is 0 Å². The van der Waals surface area contributed by atoms with Crippen molar-refractivity contribution >= 4 is 0 Å². The molecular weight excluding hydrogens is 184 g/mol. The number of hydrogen-bond donors (Lipinski definition) is 1. The van der Waals surface area contributed by atoms with Crippen LogP contribution in [0.15, 0.2) is 0 Å². The van der Waals surface area contributed by atoms with Crippen LogP contribution in [0.25, 0.3) is 0 Å². The molecule has 86 valence electrons. The monoisotopic (exact) mass is 208 g/mol. The molecule has 2 heteroatoms. The lowest BCUT2D eigenvalue weighted by molar-refractivity contribution is 0.129. The molecule has 2 atom stereocenters. The molecule has 1 aliphatic heterocycles. The van der Waals surface area contributed by atoms with E-state index in [4.69, 9.17) is 0 Å². The maximum atomic E-state index is 3.50. The van der Waals surface area contributed by atoms with Crippen molar-refractivity contribution in [1.82, 2.24) is 10.2 Å². The highest BCUT2D eigenvalue weighted by molar-refractivity contribution is 4.93. The summed E-state index contributed by atoms with van der Waals surface area (Å²) >= 11 is 0. The van der Waals surface area contributed by atoms with Crippen LogP contribution in [0.4, 0.5) is 0 Å². The molecule has 2 unspecified atom stereocenters.